The third-order valence-electron chi connectivity index (χ3n) is 3.42. The predicted molar refractivity (Wildman–Crippen MR) is 88.2 cm³/mol. The van der Waals surface area contributed by atoms with E-state index in [1.807, 2.05) is 12.1 Å². The van der Waals surface area contributed by atoms with Crippen LogP contribution in [0.5, 0.6) is 11.5 Å². The highest BCUT2D eigenvalue weighted by Crippen LogP contribution is 2.31. The molecule has 5 heteroatoms. The number of rotatable bonds is 5. The van der Waals surface area contributed by atoms with Crippen LogP contribution in [0.4, 0.5) is 0 Å². The summed E-state index contributed by atoms with van der Waals surface area (Å²) in [5, 5.41) is 0. The average molecular weight is 324 g/mol. The van der Waals surface area contributed by atoms with Gasteiger partial charge in [-0.2, -0.15) is 0 Å². The van der Waals surface area contributed by atoms with Gasteiger partial charge in [0.25, 0.3) is 0 Å². The standard InChI is InChI=1S/C19H16O5/c20-16(15-4-2-1-3-5-15)13-24-19(21)9-7-14-6-8-17-18(12-14)23-11-10-22-17/h1-9,12H,10-11,13H2/b9-7+. The fourth-order valence-electron chi connectivity index (χ4n) is 2.22. The second-order valence-corrected chi connectivity index (χ2v) is 5.13. The molecule has 0 radical (unpaired) electrons. The summed E-state index contributed by atoms with van der Waals surface area (Å²) >= 11 is 0. The van der Waals surface area contributed by atoms with Crippen LogP contribution in [0.2, 0.25) is 0 Å². The number of hydrogen-bond donors (Lipinski definition) is 0. The minimum absolute atomic E-state index is 0.239. The van der Waals surface area contributed by atoms with Gasteiger partial charge in [0, 0.05) is 11.6 Å². The van der Waals surface area contributed by atoms with Crippen molar-refractivity contribution in [3.63, 3.8) is 0 Å². The normalized spacial score (nSPS) is 12.8. The molecule has 2 aromatic carbocycles. The van der Waals surface area contributed by atoms with Gasteiger partial charge in [0.05, 0.1) is 0 Å². The average Bonchev–Trinajstić information content (AvgIpc) is 2.65. The van der Waals surface area contributed by atoms with E-state index in [1.165, 1.54) is 6.08 Å². The van der Waals surface area contributed by atoms with Crippen LogP contribution in [0.15, 0.2) is 54.6 Å². The molecule has 1 aliphatic heterocycles. The molecule has 1 heterocycles. The minimum Gasteiger partial charge on any atom is -0.486 e. The molecule has 0 saturated heterocycles. The summed E-state index contributed by atoms with van der Waals surface area (Å²) in [4.78, 5) is 23.6. The topological polar surface area (TPSA) is 61.8 Å². The molecule has 1 aliphatic rings. The van der Waals surface area contributed by atoms with Gasteiger partial charge in [0.1, 0.15) is 13.2 Å². The van der Waals surface area contributed by atoms with Crippen LogP contribution in [-0.4, -0.2) is 31.6 Å². The van der Waals surface area contributed by atoms with Gasteiger partial charge in [-0.05, 0) is 23.8 Å². The number of carbonyl (C=O) groups is 2. The Hall–Kier alpha value is -3.08. The van der Waals surface area contributed by atoms with Crippen LogP contribution in [-0.2, 0) is 9.53 Å². The second-order valence-electron chi connectivity index (χ2n) is 5.13. The van der Waals surface area contributed by atoms with Gasteiger partial charge in [-0.3, -0.25) is 4.79 Å². The van der Waals surface area contributed by atoms with E-state index in [0.717, 1.165) is 5.56 Å². The van der Waals surface area contributed by atoms with Crippen LogP contribution in [0, 0.1) is 0 Å². The van der Waals surface area contributed by atoms with Gasteiger partial charge in [-0.1, -0.05) is 36.4 Å². The van der Waals surface area contributed by atoms with Crippen LogP contribution in [0.1, 0.15) is 15.9 Å². The van der Waals surface area contributed by atoms with Gasteiger partial charge in [-0.15, -0.1) is 0 Å². The zero-order chi connectivity index (χ0) is 16.8. The molecule has 24 heavy (non-hydrogen) atoms. The van der Waals surface area contributed by atoms with Gasteiger partial charge < -0.3 is 14.2 Å². The maximum Gasteiger partial charge on any atom is 0.331 e. The first-order valence-electron chi connectivity index (χ1n) is 7.55. The third-order valence-corrected chi connectivity index (χ3v) is 3.42. The Labute approximate surface area is 139 Å². The predicted octanol–water partition coefficient (Wildman–Crippen LogP) is 2.90. The number of ketones is 1. The highest BCUT2D eigenvalue weighted by Gasteiger charge is 2.11. The lowest BCUT2D eigenvalue weighted by molar-refractivity contribution is -0.136. The van der Waals surface area contributed by atoms with Crippen molar-refractivity contribution in [3.05, 3.63) is 65.7 Å². The lowest BCUT2D eigenvalue weighted by Crippen LogP contribution is -2.15. The smallest absolute Gasteiger partial charge is 0.331 e. The maximum absolute atomic E-state index is 11.9. The molecule has 2 aromatic rings. The van der Waals surface area contributed by atoms with E-state index in [4.69, 9.17) is 14.2 Å². The van der Waals surface area contributed by atoms with E-state index in [-0.39, 0.29) is 12.4 Å². The molecule has 3 rings (SSSR count). The third kappa shape index (κ3) is 4.01. The Morgan fingerprint density at radius 2 is 1.75 bits per heavy atom. The number of carbonyl (C=O) groups excluding carboxylic acids is 2. The molecule has 0 atom stereocenters. The van der Waals surface area contributed by atoms with Crippen molar-refractivity contribution >= 4 is 17.8 Å². The minimum atomic E-state index is -0.575. The van der Waals surface area contributed by atoms with Crippen molar-refractivity contribution in [3.8, 4) is 11.5 Å². The second kappa shape index (κ2) is 7.46. The summed E-state index contributed by atoms with van der Waals surface area (Å²) in [7, 11) is 0. The molecule has 0 N–H and O–H groups in total. The Kier molecular flexibility index (Phi) is 4.91. The van der Waals surface area contributed by atoms with Crippen molar-refractivity contribution in [1.29, 1.82) is 0 Å². The van der Waals surface area contributed by atoms with Crippen LogP contribution in [0.25, 0.3) is 6.08 Å². The molecule has 0 spiro atoms. The monoisotopic (exact) mass is 324 g/mol. The van der Waals surface area contributed by atoms with E-state index < -0.39 is 5.97 Å². The molecule has 0 aliphatic carbocycles. The molecule has 0 aromatic heterocycles. The Morgan fingerprint density at radius 3 is 2.54 bits per heavy atom. The quantitative estimate of drug-likeness (QED) is 0.481. The number of ether oxygens (including phenoxy) is 3. The van der Waals surface area contributed by atoms with Crippen molar-refractivity contribution in [1.82, 2.24) is 0 Å². The largest absolute Gasteiger partial charge is 0.486 e. The molecule has 5 nitrogen and oxygen atoms in total. The number of esters is 1. The van der Waals surface area contributed by atoms with Gasteiger partial charge >= 0.3 is 5.97 Å². The molecular formula is C19H16O5. The van der Waals surface area contributed by atoms with E-state index in [2.05, 4.69) is 0 Å². The molecule has 0 saturated carbocycles. The lowest BCUT2D eigenvalue weighted by Gasteiger charge is -2.18. The van der Waals surface area contributed by atoms with E-state index in [9.17, 15) is 9.59 Å². The number of fused-ring (bicyclic) bond motifs is 1. The van der Waals surface area contributed by atoms with Crippen molar-refractivity contribution in [2.24, 2.45) is 0 Å². The van der Waals surface area contributed by atoms with Gasteiger partial charge in [0.15, 0.2) is 23.9 Å². The van der Waals surface area contributed by atoms with Gasteiger partial charge in [-0.25, -0.2) is 4.79 Å². The lowest BCUT2D eigenvalue weighted by atomic mass is 10.1. The summed E-state index contributed by atoms with van der Waals surface area (Å²) in [6, 6.07) is 14.1. The first kappa shape index (κ1) is 15.8. The highest BCUT2D eigenvalue weighted by atomic mass is 16.6. The Balaban J connectivity index is 1.55. The number of benzene rings is 2. The van der Waals surface area contributed by atoms with E-state index in [0.29, 0.717) is 30.3 Å². The SMILES string of the molecule is O=C(/C=C/c1ccc2c(c1)OCCO2)OCC(=O)c1ccccc1. The van der Waals surface area contributed by atoms with E-state index in [1.54, 1.807) is 42.5 Å². The first-order valence-corrected chi connectivity index (χ1v) is 7.55. The molecule has 122 valence electrons. The summed E-state index contributed by atoms with van der Waals surface area (Å²) in [5.41, 5.74) is 1.30. The molecular weight excluding hydrogens is 308 g/mol. The van der Waals surface area contributed by atoms with Crippen molar-refractivity contribution in [2.45, 2.75) is 0 Å². The van der Waals surface area contributed by atoms with Crippen LogP contribution < -0.4 is 9.47 Å². The number of hydrogen-bond acceptors (Lipinski definition) is 5. The van der Waals surface area contributed by atoms with E-state index >= 15 is 0 Å². The Bertz CT molecular complexity index is 765. The van der Waals surface area contributed by atoms with Crippen molar-refractivity contribution in [2.75, 3.05) is 19.8 Å². The molecule has 0 bridgehead atoms. The zero-order valence-electron chi connectivity index (χ0n) is 12.9. The zero-order valence-corrected chi connectivity index (χ0v) is 12.9. The summed E-state index contributed by atoms with van der Waals surface area (Å²) in [6.07, 6.45) is 2.89. The molecule has 0 fully saturated rings. The van der Waals surface area contributed by atoms with Crippen LogP contribution in [0.3, 0.4) is 0 Å². The summed E-state index contributed by atoms with van der Waals surface area (Å²) in [5.74, 6) is 0.524. The fourth-order valence-corrected chi connectivity index (χ4v) is 2.22. The maximum atomic E-state index is 11.9. The molecule has 0 unspecified atom stereocenters. The first-order chi connectivity index (χ1) is 11.7. The summed E-state index contributed by atoms with van der Waals surface area (Å²) < 4.78 is 15.9. The highest BCUT2D eigenvalue weighted by molar-refractivity contribution is 5.98. The van der Waals surface area contributed by atoms with Gasteiger partial charge in [0.2, 0.25) is 0 Å². The molecule has 0 amide bonds. The summed E-state index contributed by atoms with van der Waals surface area (Å²) in [6.45, 7) is 0.752. The number of Topliss-reactive ketones (excluding diaryl/α,β-unsaturated/α-hetero) is 1. The van der Waals surface area contributed by atoms with Crippen LogP contribution >= 0.6 is 0 Å². The Morgan fingerprint density at radius 1 is 1.00 bits per heavy atom. The van der Waals surface area contributed by atoms with Crippen molar-refractivity contribution < 1.29 is 23.8 Å². The fraction of sp³-hybridized carbons (Fsp3) is 0.158.